The van der Waals surface area contributed by atoms with E-state index in [4.69, 9.17) is 9.47 Å². The fraction of sp³-hybridized carbons (Fsp3) is 0.385. The van der Waals surface area contributed by atoms with E-state index in [0.29, 0.717) is 0 Å². The third-order valence-corrected chi connectivity index (χ3v) is 2.27. The Morgan fingerprint density at radius 2 is 1.71 bits per heavy atom. The number of hydrogen-bond donors (Lipinski definition) is 0. The molecule has 8 nitrogen and oxygen atoms in total. The van der Waals surface area contributed by atoms with Crippen molar-refractivity contribution in [3.05, 3.63) is 34.4 Å². The van der Waals surface area contributed by atoms with E-state index in [9.17, 15) is 19.7 Å². The molecule has 0 N–H and O–H groups in total. The molecule has 0 radical (unpaired) electrons. The number of esters is 1. The number of hydrogen-bond acceptors (Lipinski definition) is 7. The largest absolute Gasteiger partial charge is 0.513 e. The highest BCUT2D eigenvalue weighted by molar-refractivity contribution is 5.71. The quantitative estimate of drug-likeness (QED) is 0.261. The Hall–Kier alpha value is -2.64. The second-order valence-electron chi connectivity index (χ2n) is 4.27. The summed E-state index contributed by atoms with van der Waals surface area (Å²) in [7, 11) is 0. The summed E-state index contributed by atoms with van der Waals surface area (Å²) in [6.07, 6.45) is -0.982. The molecule has 0 amide bonds. The van der Waals surface area contributed by atoms with E-state index in [1.165, 1.54) is 24.3 Å². The van der Waals surface area contributed by atoms with Crippen LogP contribution >= 0.6 is 0 Å². The standard InChI is InChI=1S/C13H15NO7/c1-9(2)12(15)19-7-8-20-13(16)21-11-5-3-10(4-6-11)14(17)18/h3-6,9H,7-8H2,1-2H3. The number of non-ortho nitro benzene ring substituents is 1. The molecule has 0 spiro atoms. The number of rotatable bonds is 6. The molecule has 1 rings (SSSR count). The Kier molecular flexibility index (Phi) is 6.12. The van der Waals surface area contributed by atoms with Gasteiger partial charge in [-0.3, -0.25) is 14.9 Å². The average Bonchev–Trinajstić information content (AvgIpc) is 2.43. The minimum Gasteiger partial charge on any atom is -0.462 e. The van der Waals surface area contributed by atoms with Gasteiger partial charge in [-0.1, -0.05) is 13.8 Å². The first kappa shape index (κ1) is 16.4. The van der Waals surface area contributed by atoms with Crippen LogP contribution in [0.15, 0.2) is 24.3 Å². The van der Waals surface area contributed by atoms with E-state index in [1.807, 2.05) is 0 Å². The topological polar surface area (TPSA) is 105 Å². The zero-order valence-electron chi connectivity index (χ0n) is 11.6. The number of nitro groups is 1. The molecule has 0 saturated carbocycles. The first-order valence-electron chi connectivity index (χ1n) is 6.16. The fourth-order valence-corrected chi connectivity index (χ4v) is 1.20. The number of nitrogens with zero attached hydrogens (tertiary/aromatic N) is 1. The Balaban J connectivity index is 2.30. The predicted octanol–water partition coefficient (Wildman–Crippen LogP) is 2.31. The summed E-state index contributed by atoms with van der Waals surface area (Å²) in [6.45, 7) is 3.18. The lowest BCUT2D eigenvalue weighted by atomic mass is 10.2. The van der Waals surface area contributed by atoms with Crippen molar-refractivity contribution in [1.82, 2.24) is 0 Å². The number of ether oxygens (including phenoxy) is 3. The number of carbonyl (C=O) groups is 2. The molecule has 0 aliphatic heterocycles. The van der Waals surface area contributed by atoms with Gasteiger partial charge in [0.25, 0.3) is 5.69 Å². The summed E-state index contributed by atoms with van der Waals surface area (Å²) in [5, 5.41) is 10.4. The van der Waals surface area contributed by atoms with Crippen LogP contribution in [0.2, 0.25) is 0 Å². The van der Waals surface area contributed by atoms with Gasteiger partial charge in [0.05, 0.1) is 10.8 Å². The Bertz CT molecular complexity index is 510. The molecular weight excluding hydrogens is 282 g/mol. The molecular formula is C13H15NO7. The third kappa shape index (κ3) is 5.89. The zero-order chi connectivity index (χ0) is 15.8. The normalized spacial score (nSPS) is 10.0. The van der Waals surface area contributed by atoms with E-state index in [2.05, 4.69) is 4.74 Å². The predicted molar refractivity (Wildman–Crippen MR) is 70.9 cm³/mol. The van der Waals surface area contributed by atoms with E-state index in [1.54, 1.807) is 13.8 Å². The SMILES string of the molecule is CC(C)C(=O)OCCOC(=O)Oc1ccc([N+](=O)[O-])cc1. The molecule has 0 aliphatic rings. The van der Waals surface area contributed by atoms with Crippen LogP contribution in [0.25, 0.3) is 0 Å². The van der Waals surface area contributed by atoms with Crippen LogP contribution in [0.5, 0.6) is 5.75 Å². The van der Waals surface area contributed by atoms with Gasteiger partial charge in [-0.05, 0) is 12.1 Å². The van der Waals surface area contributed by atoms with Gasteiger partial charge in [0.15, 0.2) is 0 Å². The van der Waals surface area contributed by atoms with Crippen molar-refractivity contribution in [2.24, 2.45) is 5.92 Å². The highest BCUT2D eigenvalue weighted by Crippen LogP contribution is 2.17. The smallest absolute Gasteiger partial charge is 0.462 e. The van der Waals surface area contributed by atoms with Gasteiger partial charge >= 0.3 is 12.1 Å². The van der Waals surface area contributed by atoms with E-state index in [-0.39, 0.29) is 36.5 Å². The summed E-state index contributed by atoms with van der Waals surface area (Å²) in [6, 6.07) is 4.95. The highest BCUT2D eigenvalue weighted by atomic mass is 16.7. The number of nitro benzene ring substituents is 1. The van der Waals surface area contributed by atoms with Crippen molar-refractivity contribution in [1.29, 1.82) is 0 Å². The average molecular weight is 297 g/mol. The molecule has 0 fully saturated rings. The van der Waals surface area contributed by atoms with Gasteiger partial charge < -0.3 is 14.2 Å². The van der Waals surface area contributed by atoms with Gasteiger partial charge in [-0.25, -0.2) is 4.79 Å². The summed E-state index contributed by atoms with van der Waals surface area (Å²) < 4.78 is 14.3. The van der Waals surface area contributed by atoms with Crippen molar-refractivity contribution in [2.45, 2.75) is 13.8 Å². The summed E-state index contributed by atoms with van der Waals surface area (Å²) >= 11 is 0. The van der Waals surface area contributed by atoms with Crippen LogP contribution in [0.4, 0.5) is 10.5 Å². The minimum absolute atomic E-state index is 0.0631. The molecule has 0 aliphatic carbocycles. The molecule has 0 heterocycles. The lowest BCUT2D eigenvalue weighted by Crippen LogP contribution is -2.18. The fourth-order valence-electron chi connectivity index (χ4n) is 1.20. The summed E-state index contributed by atoms with van der Waals surface area (Å²) in [5.41, 5.74) is -0.115. The van der Waals surface area contributed by atoms with Crippen molar-refractivity contribution in [2.75, 3.05) is 13.2 Å². The highest BCUT2D eigenvalue weighted by Gasteiger charge is 2.11. The van der Waals surface area contributed by atoms with E-state index in [0.717, 1.165) is 0 Å². The van der Waals surface area contributed by atoms with Crippen LogP contribution in [-0.2, 0) is 14.3 Å². The Morgan fingerprint density at radius 1 is 1.14 bits per heavy atom. The van der Waals surface area contributed by atoms with Crippen LogP contribution in [0.1, 0.15) is 13.8 Å². The molecule has 0 saturated heterocycles. The molecule has 0 unspecified atom stereocenters. The van der Waals surface area contributed by atoms with Gasteiger partial charge in [0.2, 0.25) is 0 Å². The van der Waals surface area contributed by atoms with Gasteiger partial charge in [-0.15, -0.1) is 0 Å². The molecule has 114 valence electrons. The van der Waals surface area contributed by atoms with Crippen molar-refractivity contribution < 1.29 is 28.7 Å². The maximum absolute atomic E-state index is 11.3. The van der Waals surface area contributed by atoms with Crippen LogP contribution in [-0.4, -0.2) is 30.3 Å². The van der Waals surface area contributed by atoms with E-state index < -0.39 is 11.1 Å². The van der Waals surface area contributed by atoms with Crippen LogP contribution in [0.3, 0.4) is 0 Å². The van der Waals surface area contributed by atoms with Gasteiger partial charge in [-0.2, -0.15) is 0 Å². The first-order valence-corrected chi connectivity index (χ1v) is 6.16. The Morgan fingerprint density at radius 3 is 2.24 bits per heavy atom. The maximum Gasteiger partial charge on any atom is 0.513 e. The molecule has 0 atom stereocenters. The van der Waals surface area contributed by atoms with Crippen molar-refractivity contribution in [3.63, 3.8) is 0 Å². The lowest BCUT2D eigenvalue weighted by molar-refractivity contribution is -0.384. The maximum atomic E-state index is 11.3. The summed E-state index contributed by atoms with van der Waals surface area (Å²) in [5.74, 6) is -0.524. The van der Waals surface area contributed by atoms with Gasteiger partial charge in [0.1, 0.15) is 19.0 Å². The van der Waals surface area contributed by atoms with E-state index >= 15 is 0 Å². The number of carbonyl (C=O) groups excluding carboxylic acids is 2. The van der Waals surface area contributed by atoms with Crippen LogP contribution in [0, 0.1) is 16.0 Å². The zero-order valence-corrected chi connectivity index (χ0v) is 11.6. The molecule has 0 aromatic heterocycles. The monoisotopic (exact) mass is 297 g/mol. The molecule has 0 bridgehead atoms. The van der Waals surface area contributed by atoms with Gasteiger partial charge in [0, 0.05) is 12.1 Å². The van der Waals surface area contributed by atoms with Crippen molar-refractivity contribution in [3.8, 4) is 5.75 Å². The second kappa shape index (κ2) is 7.83. The molecule has 1 aromatic rings. The first-order chi connectivity index (χ1) is 9.90. The minimum atomic E-state index is -0.982. The third-order valence-electron chi connectivity index (χ3n) is 2.27. The number of benzene rings is 1. The van der Waals surface area contributed by atoms with Crippen LogP contribution < -0.4 is 4.74 Å². The Labute approximate surface area is 120 Å². The van der Waals surface area contributed by atoms with Crippen molar-refractivity contribution >= 4 is 17.8 Å². The summed E-state index contributed by atoms with van der Waals surface area (Å²) in [4.78, 5) is 32.3. The second-order valence-corrected chi connectivity index (χ2v) is 4.27. The molecule has 1 aromatic carbocycles. The lowest BCUT2D eigenvalue weighted by Gasteiger charge is -2.08. The molecule has 8 heteroatoms. The molecule has 21 heavy (non-hydrogen) atoms.